The average molecular weight is 235 g/mol. The summed E-state index contributed by atoms with van der Waals surface area (Å²) in [7, 11) is 0. The van der Waals surface area contributed by atoms with E-state index in [1.807, 2.05) is 0 Å². The van der Waals surface area contributed by atoms with Crippen molar-refractivity contribution in [2.45, 2.75) is 53.4 Å². The summed E-state index contributed by atoms with van der Waals surface area (Å²) in [6.45, 7) is 8.91. The number of ketones is 1. The van der Waals surface area contributed by atoms with Crippen molar-refractivity contribution in [1.29, 1.82) is 0 Å². The van der Waals surface area contributed by atoms with Crippen molar-refractivity contribution in [3.8, 4) is 0 Å². The molecule has 2 nitrogen and oxygen atoms in total. The van der Waals surface area contributed by atoms with Gasteiger partial charge in [0.05, 0.1) is 5.70 Å². The molecule has 0 radical (unpaired) electrons. The Hall–Kier alpha value is -0.790. The van der Waals surface area contributed by atoms with Crippen LogP contribution < -0.4 is 5.73 Å². The van der Waals surface area contributed by atoms with E-state index in [2.05, 4.69) is 27.7 Å². The smallest absolute Gasteiger partial charge is 0.181 e. The van der Waals surface area contributed by atoms with E-state index in [4.69, 9.17) is 5.73 Å². The maximum absolute atomic E-state index is 12.3. The van der Waals surface area contributed by atoms with Crippen LogP contribution in [0.15, 0.2) is 11.3 Å². The Morgan fingerprint density at radius 3 is 2.65 bits per heavy atom. The molecule has 2 aliphatic carbocycles. The average Bonchev–Trinajstić information content (AvgIpc) is 2.26. The Morgan fingerprint density at radius 2 is 2.06 bits per heavy atom. The molecule has 2 rings (SSSR count). The van der Waals surface area contributed by atoms with Crippen molar-refractivity contribution in [3.05, 3.63) is 11.3 Å². The van der Waals surface area contributed by atoms with Gasteiger partial charge in [-0.3, -0.25) is 4.79 Å². The van der Waals surface area contributed by atoms with Gasteiger partial charge in [0.1, 0.15) is 0 Å². The molecule has 0 aromatic carbocycles. The van der Waals surface area contributed by atoms with Crippen LogP contribution in [0, 0.1) is 23.2 Å². The fourth-order valence-corrected chi connectivity index (χ4v) is 3.69. The Labute approximate surface area is 105 Å². The summed E-state index contributed by atoms with van der Waals surface area (Å²) in [6, 6.07) is 0. The summed E-state index contributed by atoms with van der Waals surface area (Å²) in [5.74, 6) is 1.39. The third kappa shape index (κ3) is 1.82. The van der Waals surface area contributed by atoms with Gasteiger partial charge >= 0.3 is 0 Å². The van der Waals surface area contributed by atoms with Crippen LogP contribution in [0.1, 0.15) is 53.4 Å². The fourth-order valence-electron chi connectivity index (χ4n) is 3.69. The van der Waals surface area contributed by atoms with Crippen molar-refractivity contribution in [2.24, 2.45) is 28.9 Å². The molecule has 0 amide bonds. The van der Waals surface area contributed by atoms with Crippen LogP contribution in [-0.4, -0.2) is 5.78 Å². The van der Waals surface area contributed by atoms with E-state index in [-0.39, 0.29) is 17.1 Å². The maximum Gasteiger partial charge on any atom is 0.181 e. The number of Topliss-reactive ketones (excluding diaryl/α,β-unsaturated/α-hetero) is 1. The van der Waals surface area contributed by atoms with E-state index in [9.17, 15) is 4.79 Å². The molecule has 0 saturated heterocycles. The first-order valence-electron chi connectivity index (χ1n) is 6.91. The van der Waals surface area contributed by atoms with Gasteiger partial charge in [-0.05, 0) is 48.5 Å². The van der Waals surface area contributed by atoms with Crippen molar-refractivity contribution in [3.63, 3.8) is 0 Å². The highest BCUT2D eigenvalue weighted by molar-refractivity contribution is 5.98. The molecule has 0 aromatic heterocycles. The summed E-state index contributed by atoms with van der Waals surface area (Å²) in [5.41, 5.74) is 8.17. The Morgan fingerprint density at radius 1 is 1.41 bits per heavy atom. The molecule has 0 aliphatic heterocycles. The monoisotopic (exact) mass is 235 g/mol. The van der Waals surface area contributed by atoms with Crippen LogP contribution in [0.5, 0.6) is 0 Å². The van der Waals surface area contributed by atoms with Crippen LogP contribution in [-0.2, 0) is 4.79 Å². The van der Waals surface area contributed by atoms with Gasteiger partial charge in [-0.25, -0.2) is 0 Å². The summed E-state index contributed by atoms with van der Waals surface area (Å²) >= 11 is 0. The standard InChI is InChI=1S/C15H25NO/c1-9(2)11-8-15(4)10(3)6-5-7-12(15)13(16)14(11)17/h9-11H,5-8,16H2,1-4H3. The Balaban J connectivity index is 2.45. The first kappa shape index (κ1) is 12.7. The minimum Gasteiger partial charge on any atom is -0.396 e. The SMILES string of the molecule is CC(C)C1CC2(C)C(=C(N)C1=O)CCCC2C. The number of carbonyl (C=O) groups excluding carboxylic acids is 1. The molecule has 3 unspecified atom stereocenters. The lowest BCUT2D eigenvalue weighted by atomic mass is 9.56. The zero-order chi connectivity index (χ0) is 12.8. The maximum atomic E-state index is 12.3. The third-order valence-corrected chi connectivity index (χ3v) is 5.22. The van der Waals surface area contributed by atoms with Gasteiger partial charge in [0.2, 0.25) is 0 Å². The number of hydrogen-bond donors (Lipinski definition) is 1. The van der Waals surface area contributed by atoms with E-state index in [0.717, 1.165) is 12.8 Å². The lowest BCUT2D eigenvalue weighted by molar-refractivity contribution is -0.123. The summed E-state index contributed by atoms with van der Waals surface area (Å²) in [4.78, 5) is 12.3. The van der Waals surface area contributed by atoms with E-state index < -0.39 is 0 Å². The molecule has 17 heavy (non-hydrogen) atoms. The minimum atomic E-state index is 0.129. The number of allylic oxidation sites excluding steroid dienone is 2. The second-order valence-corrected chi connectivity index (χ2v) is 6.52. The van der Waals surface area contributed by atoms with Crippen molar-refractivity contribution in [2.75, 3.05) is 0 Å². The first-order valence-corrected chi connectivity index (χ1v) is 6.91. The molecule has 1 saturated carbocycles. The zero-order valence-electron chi connectivity index (χ0n) is 11.5. The quantitative estimate of drug-likeness (QED) is 0.758. The highest BCUT2D eigenvalue weighted by Crippen LogP contribution is 2.53. The molecule has 0 spiro atoms. The highest BCUT2D eigenvalue weighted by atomic mass is 16.1. The molecule has 0 heterocycles. The number of carbonyl (C=O) groups is 1. The highest BCUT2D eigenvalue weighted by Gasteiger charge is 2.47. The van der Waals surface area contributed by atoms with Gasteiger partial charge in [0.15, 0.2) is 5.78 Å². The minimum absolute atomic E-state index is 0.129. The van der Waals surface area contributed by atoms with Crippen LogP contribution >= 0.6 is 0 Å². The van der Waals surface area contributed by atoms with Crippen LogP contribution in [0.2, 0.25) is 0 Å². The first-order chi connectivity index (χ1) is 7.88. The lowest BCUT2D eigenvalue weighted by Crippen LogP contribution is -2.44. The molecule has 1 fully saturated rings. The van der Waals surface area contributed by atoms with Gasteiger partial charge in [-0.1, -0.05) is 27.7 Å². The molecular weight excluding hydrogens is 210 g/mol. The fraction of sp³-hybridized carbons (Fsp3) is 0.800. The molecule has 96 valence electrons. The predicted molar refractivity (Wildman–Crippen MR) is 70.3 cm³/mol. The van der Waals surface area contributed by atoms with Gasteiger partial charge in [-0.15, -0.1) is 0 Å². The summed E-state index contributed by atoms with van der Waals surface area (Å²) in [6.07, 6.45) is 4.49. The number of nitrogens with two attached hydrogens (primary N) is 1. The largest absolute Gasteiger partial charge is 0.396 e. The lowest BCUT2D eigenvalue weighted by Gasteiger charge is -2.48. The van der Waals surface area contributed by atoms with Crippen molar-refractivity contribution >= 4 is 5.78 Å². The summed E-state index contributed by atoms with van der Waals surface area (Å²) < 4.78 is 0. The van der Waals surface area contributed by atoms with E-state index in [0.29, 0.717) is 17.5 Å². The van der Waals surface area contributed by atoms with E-state index >= 15 is 0 Å². The van der Waals surface area contributed by atoms with Crippen molar-refractivity contribution < 1.29 is 4.79 Å². The van der Waals surface area contributed by atoms with Gasteiger partial charge in [0, 0.05) is 5.92 Å². The number of hydrogen-bond acceptors (Lipinski definition) is 2. The number of fused-ring (bicyclic) bond motifs is 1. The third-order valence-electron chi connectivity index (χ3n) is 5.22. The van der Waals surface area contributed by atoms with E-state index in [1.54, 1.807) is 0 Å². The predicted octanol–water partition coefficient (Wildman–Crippen LogP) is 3.27. The molecular formula is C15H25NO. The molecule has 0 aromatic rings. The van der Waals surface area contributed by atoms with Crippen molar-refractivity contribution in [1.82, 2.24) is 0 Å². The second-order valence-electron chi connectivity index (χ2n) is 6.52. The summed E-state index contributed by atoms with van der Waals surface area (Å²) in [5, 5.41) is 0. The number of rotatable bonds is 1. The molecule has 2 heteroatoms. The second kappa shape index (κ2) is 4.15. The normalized spacial score (nSPS) is 38.5. The van der Waals surface area contributed by atoms with Crippen LogP contribution in [0.25, 0.3) is 0 Å². The molecule has 2 aliphatic rings. The Bertz CT molecular complexity index is 369. The molecule has 3 atom stereocenters. The van der Waals surface area contributed by atoms with Gasteiger partial charge < -0.3 is 5.73 Å². The zero-order valence-corrected chi connectivity index (χ0v) is 11.5. The molecule has 0 bridgehead atoms. The topological polar surface area (TPSA) is 43.1 Å². The van der Waals surface area contributed by atoms with Gasteiger partial charge in [0.25, 0.3) is 0 Å². The van der Waals surface area contributed by atoms with Crippen LogP contribution in [0.3, 0.4) is 0 Å². The van der Waals surface area contributed by atoms with Crippen LogP contribution in [0.4, 0.5) is 0 Å². The molecule has 2 N–H and O–H groups in total. The Kier molecular flexibility index (Phi) is 3.09. The van der Waals surface area contributed by atoms with E-state index in [1.165, 1.54) is 18.4 Å². The van der Waals surface area contributed by atoms with Gasteiger partial charge in [-0.2, -0.15) is 0 Å².